The molecule has 0 atom stereocenters. The Morgan fingerprint density at radius 1 is 1.42 bits per heavy atom. The minimum absolute atomic E-state index is 0.00691. The van der Waals surface area contributed by atoms with Crippen molar-refractivity contribution in [2.75, 3.05) is 13.2 Å². The van der Waals surface area contributed by atoms with Crippen molar-refractivity contribution in [2.45, 2.75) is 19.5 Å². The summed E-state index contributed by atoms with van der Waals surface area (Å²) in [6.45, 7) is 2.45. The van der Waals surface area contributed by atoms with Gasteiger partial charge in [0.2, 0.25) is 5.82 Å². The van der Waals surface area contributed by atoms with Crippen molar-refractivity contribution in [3.8, 4) is 11.4 Å². The molecule has 1 aromatic carbocycles. The normalized spacial score (nSPS) is 11.7. The summed E-state index contributed by atoms with van der Waals surface area (Å²) >= 11 is 0. The van der Waals surface area contributed by atoms with Gasteiger partial charge in [0.25, 0.3) is 5.91 Å². The largest absolute Gasteiger partial charge is 0.471 e. The molecule has 1 amide bonds. The van der Waals surface area contributed by atoms with Gasteiger partial charge in [-0.25, -0.2) is 4.39 Å². The summed E-state index contributed by atoms with van der Waals surface area (Å²) in [4.78, 5) is 19.8. The molecule has 0 bridgehead atoms. The molecule has 0 saturated heterocycles. The monoisotopic (exact) mass is 374 g/mol. The van der Waals surface area contributed by atoms with E-state index in [9.17, 15) is 22.4 Å². The van der Waals surface area contributed by atoms with E-state index in [0.717, 1.165) is 12.1 Å². The third-order valence-electron chi connectivity index (χ3n) is 2.98. The fourth-order valence-corrected chi connectivity index (χ4v) is 1.82. The predicted molar refractivity (Wildman–Crippen MR) is 81.8 cm³/mol. The number of oxime groups is 1. The van der Waals surface area contributed by atoms with Crippen LogP contribution >= 0.6 is 0 Å². The van der Waals surface area contributed by atoms with Crippen LogP contribution in [0.15, 0.2) is 27.9 Å². The van der Waals surface area contributed by atoms with Crippen molar-refractivity contribution < 1.29 is 31.7 Å². The molecular formula is C15H14F4N4O3. The number of carbonyl (C=O) groups is 1. The molecule has 2 aromatic rings. The number of hydrogen-bond donors (Lipinski definition) is 1. The van der Waals surface area contributed by atoms with E-state index in [4.69, 9.17) is 4.84 Å². The van der Waals surface area contributed by atoms with Gasteiger partial charge in [0.15, 0.2) is 0 Å². The molecule has 7 nitrogen and oxygen atoms in total. The fraction of sp³-hybridized carbons (Fsp3) is 0.333. The molecular weight excluding hydrogens is 360 g/mol. The van der Waals surface area contributed by atoms with E-state index in [1.54, 1.807) is 6.92 Å². The first-order valence-electron chi connectivity index (χ1n) is 7.45. The number of nitrogens with zero attached hydrogens (tertiary/aromatic N) is 3. The summed E-state index contributed by atoms with van der Waals surface area (Å²) in [5, 5.41) is 9.23. The molecule has 0 aliphatic carbocycles. The first-order valence-corrected chi connectivity index (χ1v) is 7.45. The lowest BCUT2D eigenvalue weighted by molar-refractivity contribution is -0.159. The summed E-state index contributed by atoms with van der Waals surface area (Å²) in [5.74, 6) is -3.65. The zero-order valence-corrected chi connectivity index (χ0v) is 13.5. The number of carbonyl (C=O) groups excluding carboxylic acids is 1. The molecule has 0 unspecified atom stereocenters. The quantitative estimate of drug-likeness (QED) is 0.348. The number of hydrogen-bond acceptors (Lipinski definition) is 6. The van der Waals surface area contributed by atoms with Crippen LogP contribution in [0.1, 0.15) is 29.6 Å². The molecule has 0 saturated carbocycles. The Morgan fingerprint density at radius 2 is 2.19 bits per heavy atom. The average molecular weight is 374 g/mol. The van der Waals surface area contributed by atoms with E-state index in [-0.39, 0.29) is 17.7 Å². The zero-order chi connectivity index (χ0) is 19.2. The Hall–Kier alpha value is -2.98. The number of amides is 1. The van der Waals surface area contributed by atoms with E-state index in [1.165, 1.54) is 12.3 Å². The lowest BCUT2D eigenvalue weighted by Crippen LogP contribution is -2.24. The molecule has 0 fully saturated rings. The van der Waals surface area contributed by atoms with Gasteiger partial charge in [0.05, 0.1) is 5.56 Å². The SMILES string of the molecule is CCON=CCCNC(=O)c1ccc(-c2noc(C(F)(F)F)n2)c(F)c1. The van der Waals surface area contributed by atoms with Gasteiger partial charge < -0.3 is 14.7 Å². The molecule has 1 aromatic heterocycles. The van der Waals surface area contributed by atoms with Crippen molar-refractivity contribution in [2.24, 2.45) is 5.16 Å². The Bertz CT molecular complexity index is 789. The molecule has 0 radical (unpaired) electrons. The smallest absolute Gasteiger partial charge is 0.396 e. The highest BCUT2D eigenvalue weighted by Gasteiger charge is 2.38. The first-order chi connectivity index (χ1) is 12.3. The number of benzene rings is 1. The second-order valence-electron chi connectivity index (χ2n) is 4.87. The number of alkyl halides is 3. The summed E-state index contributed by atoms with van der Waals surface area (Å²) in [6.07, 6.45) is -2.94. The maximum Gasteiger partial charge on any atom is 0.471 e. The Morgan fingerprint density at radius 3 is 2.81 bits per heavy atom. The minimum atomic E-state index is -4.83. The molecule has 0 spiro atoms. The van der Waals surface area contributed by atoms with Crippen LogP contribution in [0.5, 0.6) is 0 Å². The predicted octanol–water partition coefficient (Wildman–Crippen LogP) is 3.04. The molecule has 0 aliphatic heterocycles. The van der Waals surface area contributed by atoms with Crippen LogP contribution in [-0.4, -0.2) is 35.4 Å². The molecule has 2 rings (SSSR count). The van der Waals surface area contributed by atoms with E-state index in [0.29, 0.717) is 13.0 Å². The zero-order valence-electron chi connectivity index (χ0n) is 13.5. The third-order valence-corrected chi connectivity index (χ3v) is 2.98. The average Bonchev–Trinajstić information content (AvgIpc) is 3.07. The van der Waals surface area contributed by atoms with Crippen LogP contribution in [0.25, 0.3) is 11.4 Å². The van der Waals surface area contributed by atoms with Gasteiger partial charge in [-0.2, -0.15) is 18.2 Å². The van der Waals surface area contributed by atoms with E-state index in [1.807, 2.05) is 0 Å². The van der Waals surface area contributed by atoms with Gasteiger partial charge in [-0.05, 0) is 25.1 Å². The van der Waals surface area contributed by atoms with Gasteiger partial charge >= 0.3 is 12.1 Å². The minimum Gasteiger partial charge on any atom is -0.396 e. The third kappa shape index (κ3) is 5.01. The van der Waals surface area contributed by atoms with Gasteiger partial charge in [-0.1, -0.05) is 10.3 Å². The van der Waals surface area contributed by atoms with Crippen molar-refractivity contribution in [1.82, 2.24) is 15.5 Å². The number of nitrogens with one attached hydrogen (secondary N) is 1. The molecule has 0 aliphatic rings. The Balaban J connectivity index is 2.02. The standard InChI is InChI=1S/C15H14F4N4O3/c1-2-25-21-7-3-6-20-13(24)9-4-5-10(11(16)8-9)12-22-14(26-23-12)15(17,18)19/h4-5,7-8H,2-3,6H2,1H3,(H,20,24). The van der Waals surface area contributed by atoms with Gasteiger partial charge in [-0.3, -0.25) is 4.79 Å². The summed E-state index contributed by atoms with van der Waals surface area (Å²) in [7, 11) is 0. The molecule has 11 heteroatoms. The van der Waals surface area contributed by atoms with Gasteiger partial charge in [0.1, 0.15) is 12.4 Å². The maximum absolute atomic E-state index is 14.1. The van der Waals surface area contributed by atoms with Crippen LogP contribution in [0.3, 0.4) is 0 Å². The lowest BCUT2D eigenvalue weighted by atomic mass is 10.1. The van der Waals surface area contributed by atoms with Crippen LogP contribution in [0.2, 0.25) is 0 Å². The highest BCUT2D eigenvalue weighted by atomic mass is 19.4. The van der Waals surface area contributed by atoms with Crippen molar-refractivity contribution >= 4 is 12.1 Å². The summed E-state index contributed by atoms with van der Waals surface area (Å²) in [6, 6.07) is 3.22. The van der Waals surface area contributed by atoms with E-state index < -0.39 is 29.6 Å². The van der Waals surface area contributed by atoms with Crippen molar-refractivity contribution in [3.63, 3.8) is 0 Å². The number of aromatic nitrogens is 2. The van der Waals surface area contributed by atoms with Crippen LogP contribution in [0, 0.1) is 5.82 Å². The van der Waals surface area contributed by atoms with E-state index in [2.05, 4.69) is 25.1 Å². The van der Waals surface area contributed by atoms with E-state index >= 15 is 0 Å². The number of rotatable bonds is 7. The summed E-state index contributed by atoms with van der Waals surface area (Å²) < 4.78 is 55.5. The van der Waals surface area contributed by atoms with Crippen molar-refractivity contribution in [3.05, 3.63) is 35.5 Å². The van der Waals surface area contributed by atoms with Crippen LogP contribution in [-0.2, 0) is 11.0 Å². The van der Waals surface area contributed by atoms with Gasteiger partial charge in [0, 0.05) is 24.7 Å². The Labute approximate surface area is 145 Å². The second kappa shape index (κ2) is 8.41. The molecule has 26 heavy (non-hydrogen) atoms. The Kier molecular flexibility index (Phi) is 6.26. The molecule has 1 heterocycles. The topological polar surface area (TPSA) is 89.6 Å². The molecule has 140 valence electrons. The summed E-state index contributed by atoms with van der Waals surface area (Å²) in [5.41, 5.74) is -0.322. The number of halogens is 4. The maximum atomic E-state index is 14.1. The highest BCUT2D eigenvalue weighted by molar-refractivity contribution is 5.94. The first kappa shape index (κ1) is 19.3. The van der Waals surface area contributed by atoms with Crippen molar-refractivity contribution in [1.29, 1.82) is 0 Å². The van der Waals surface area contributed by atoms with Crippen LogP contribution in [0.4, 0.5) is 17.6 Å². The molecule has 1 N–H and O–H groups in total. The highest BCUT2D eigenvalue weighted by Crippen LogP contribution is 2.30. The van der Waals surface area contributed by atoms with Crippen LogP contribution < -0.4 is 5.32 Å². The second-order valence-corrected chi connectivity index (χ2v) is 4.87. The fourth-order valence-electron chi connectivity index (χ4n) is 1.82. The van der Waals surface area contributed by atoms with Gasteiger partial charge in [-0.15, -0.1) is 0 Å². The lowest BCUT2D eigenvalue weighted by Gasteiger charge is -2.05.